The van der Waals surface area contributed by atoms with Crippen molar-refractivity contribution in [1.29, 1.82) is 0 Å². The van der Waals surface area contributed by atoms with Gasteiger partial charge in [-0.25, -0.2) is 0 Å². The van der Waals surface area contributed by atoms with Crippen molar-refractivity contribution in [3.8, 4) is 0 Å². The number of halogens is 1. The Morgan fingerprint density at radius 2 is 2.32 bits per heavy atom. The monoisotopic (exact) mass is 331 g/mol. The number of hydrogen-bond donors (Lipinski definition) is 1. The van der Waals surface area contributed by atoms with E-state index in [1.807, 2.05) is 0 Å². The normalized spacial score (nSPS) is 19.5. The lowest BCUT2D eigenvalue weighted by Gasteiger charge is -2.31. The van der Waals surface area contributed by atoms with Crippen molar-refractivity contribution in [2.45, 2.75) is 19.4 Å². The van der Waals surface area contributed by atoms with E-state index in [-0.39, 0.29) is 24.6 Å². The van der Waals surface area contributed by atoms with Crippen LogP contribution in [0.2, 0.25) is 0 Å². The van der Waals surface area contributed by atoms with E-state index in [0.717, 1.165) is 5.56 Å². The minimum Gasteiger partial charge on any atom is -0.481 e. The maximum atomic E-state index is 12.3. The van der Waals surface area contributed by atoms with Crippen LogP contribution in [0.1, 0.15) is 22.5 Å². The minimum atomic E-state index is -0.934. The third kappa shape index (κ3) is 3.36. The summed E-state index contributed by atoms with van der Waals surface area (Å²) in [5, 5.41) is 8.75. The van der Waals surface area contributed by atoms with E-state index in [0.29, 0.717) is 17.8 Å². The minimum absolute atomic E-state index is 0.107. The molecule has 7 heteroatoms. The third-order valence-corrected chi connectivity index (χ3v) is 3.30. The molecular weight excluding hydrogens is 318 g/mol. The highest BCUT2D eigenvalue weighted by atomic mass is 79.9. The molecule has 2 rings (SSSR count). The number of aryl methyl sites for hydroxylation is 1. The number of aliphatic carboxylic acids is 1. The number of nitrogens with zero attached hydrogens (tertiary/aromatic N) is 1. The predicted molar refractivity (Wildman–Crippen MR) is 69.0 cm³/mol. The first-order valence-corrected chi connectivity index (χ1v) is 6.65. The van der Waals surface area contributed by atoms with E-state index in [2.05, 4.69) is 15.9 Å². The smallest absolute Gasteiger partial charge is 0.306 e. The van der Waals surface area contributed by atoms with Crippen molar-refractivity contribution in [3.63, 3.8) is 0 Å². The molecule has 1 saturated heterocycles. The van der Waals surface area contributed by atoms with Crippen LogP contribution in [-0.4, -0.2) is 47.7 Å². The van der Waals surface area contributed by atoms with Crippen LogP contribution in [0.5, 0.6) is 0 Å². The van der Waals surface area contributed by atoms with Crippen molar-refractivity contribution < 1.29 is 23.8 Å². The van der Waals surface area contributed by atoms with Crippen molar-refractivity contribution in [2.24, 2.45) is 0 Å². The molecule has 6 nitrogen and oxygen atoms in total. The lowest BCUT2D eigenvalue weighted by Crippen LogP contribution is -2.46. The van der Waals surface area contributed by atoms with E-state index in [1.165, 1.54) is 0 Å². The van der Waals surface area contributed by atoms with Gasteiger partial charge in [-0.3, -0.25) is 9.59 Å². The number of furan rings is 1. The number of morpholine rings is 1. The maximum Gasteiger partial charge on any atom is 0.306 e. The van der Waals surface area contributed by atoms with Gasteiger partial charge in [0.2, 0.25) is 0 Å². The number of carboxylic acid groups (broad SMARTS) is 1. The van der Waals surface area contributed by atoms with Gasteiger partial charge >= 0.3 is 5.97 Å². The second-order valence-corrected chi connectivity index (χ2v) is 5.19. The van der Waals surface area contributed by atoms with E-state index < -0.39 is 12.1 Å². The average molecular weight is 332 g/mol. The molecule has 1 aliphatic rings. The lowest BCUT2D eigenvalue weighted by atomic mass is 10.2. The average Bonchev–Trinajstić information content (AvgIpc) is 2.67. The molecule has 1 aliphatic heterocycles. The molecule has 1 aromatic heterocycles. The summed E-state index contributed by atoms with van der Waals surface area (Å²) in [5.41, 5.74) is 0.748. The first kappa shape index (κ1) is 14.1. The van der Waals surface area contributed by atoms with Crippen molar-refractivity contribution in [1.82, 2.24) is 4.90 Å². The number of rotatable bonds is 3. The Bertz CT molecular complexity index is 498. The Balaban J connectivity index is 2.07. The summed E-state index contributed by atoms with van der Waals surface area (Å²) in [5.74, 6) is -0.888. The first-order chi connectivity index (χ1) is 8.97. The summed E-state index contributed by atoms with van der Waals surface area (Å²) < 4.78 is 11.1. The number of carbonyl (C=O) groups is 2. The van der Waals surface area contributed by atoms with Gasteiger partial charge in [0.25, 0.3) is 5.91 Å². The van der Waals surface area contributed by atoms with Crippen LogP contribution < -0.4 is 0 Å². The quantitative estimate of drug-likeness (QED) is 0.911. The van der Waals surface area contributed by atoms with E-state index in [9.17, 15) is 9.59 Å². The van der Waals surface area contributed by atoms with E-state index >= 15 is 0 Å². The Morgan fingerprint density at radius 3 is 2.89 bits per heavy atom. The zero-order valence-corrected chi connectivity index (χ0v) is 12.0. The molecule has 1 N–H and O–H groups in total. The summed E-state index contributed by atoms with van der Waals surface area (Å²) in [6.07, 6.45) is -0.571. The number of ether oxygens (including phenoxy) is 1. The summed E-state index contributed by atoms with van der Waals surface area (Å²) in [6.45, 7) is 2.83. The van der Waals surface area contributed by atoms with Crippen LogP contribution in [0.3, 0.4) is 0 Å². The van der Waals surface area contributed by atoms with Gasteiger partial charge in [-0.15, -0.1) is 0 Å². The fourth-order valence-corrected chi connectivity index (χ4v) is 2.53. The van der Waals surface area contributed by atoms with Crippen molar-refractivity contribution in [3.05, 3.63) is 22.1 Å². The van der Waals surface area contributed by atoms with Gasteiger partial charge in [0.15, 0.2) is 10.4 Å². The number of hydrogen-bond acceptors (Lipinski definition) is 4. The molecule has 0 aliphatic carbocycles. The molecule has 1 atom stereocenters. The molecule has 1 aromatic rings. The molecule has 0 spiro atoms. The molecule has 19 heavy (non-hydrogen) atoms. The Hall–Kier alpha value is -1.34. The van der Waals surface area contributed by atoms with Crippen molar-refractivity contribution in [2.75, 3.05) is 19.7 Å². The summed E-state index contributed by atoms with van der Waals surface area (Å²) >= 11 is 3.18. The Morgan fingerprint density at radius 1 is 1.58 bits per heavy atom. The van der Waals surface area contributed by atoms with Gasteiger partial charge < -0.3 is 19.2 Å². The van der Waals surface area contributed by atoms with Gasteiger partial charge in [0.1, 0.15) is 0 Å². The van der Waals surface area contributed by atoms with Gasteiger partial charge in [-0.1, -0.05) is 0 Å². The summed E-state index contributed by atoms with van der Waals surface area (Å²) in [6, 6.07) is 1.72. The van der Waals surface area contributed by atoms with Gasteiger partial charge in [0, 0.05) is 18.7 Å². The predicted octanol–water partition coefficient (Wildman–Crippen LogP) is 1.67. The summed E-state index contributed by atoms with van der Waals surface area (Å²) in [4.78, 5) is 24.5. The van der Waals surface area contributed by atoms with Crippen LogP contribution in [0, 0.1) is 6.92 Å². The highest BCUT2D eigenvalue weighted by molar-refractivity contribution is 9.10. The van der Waals surface area contributed by atoms with Gasteiger partial charge in [0.05, 0.1) is 19.1 Å². The number of amides is 1. The molecule has 0 radical (unpaired) electrons. The molecule has 1 unspecified atom stereocenters. The Labute approximate surface area is 118 Å². The third-order valence-electron chi connectivity index (χ3n) is 2.91. The van der Waals surface area contributed by atoms with Crippen LogP contribution in [0.4, 0.5) is 0 Å². The van der Waals surface area contributed by atoms with E-state index in [4.69, 9.17) is 14.3 Å². The number of carboxylic acids is 1. The molecule has 1 fully saturated rings. The molecule has 0 bridgehead atoms. The highest BCUT2D eigenvalue weighted by Gasteiger charge is 2.29. The fraction of sp³-hybridized carbons (Fsp3) is 0.500. The molecule has 2 heterocycles. The Kier molecular flexibility index (Phi) is 4.26. The molecule has 1 amide bonds. The topological polar surface area (TPSA) is 80.0 Å². The maximum absolute atomic E-state index is 12.3. The SMILES string of the molecule is Cc1cc(Br)oc1C(=O)N1CCOC(CC(=O)O)C1. The molecule has 0 aromatic carbocycles. The lowest BCUT2D eigenvalue weighted by molar-refractivity contribution is -0.141. The highest BCUT2D eigenvalue weighted by Crippen LogP contribution is 2.22. The largest absolute Gasteiger partial charge is 0.481 e. The van der Waals surface area contributed by atoms with Crippen LogP contribution in [-0.2, 0) is 9.53 Å². The van der Waals surface area contributed by atoms with Crippen molar-refractivity contribution >= 4 is 27.8 Å². The summed E-state index contributed by atoms with van der Waals surface area (Å²) in [7, 11) is 0. The molecular formula is C12H14BrNO5. The molecule has 104 valence electrons. The van der Waals surface area contributed by atoms with Crippen LogP contribution >= 0.6 is 15.9 Å². The first-order valence-electron chi connectivity index (χ1n) is 5.86. The van der Waals surface area contributed by atoms with Crippen LogP contribution in [0.25, 0.3) is 0 Å². The number of carbonyl (C=O) groups excluding carboxylic acids is 1. The van der Waals surface area contributed by atoms with Gasteiger partial charge in [-0.2, -0.15) is 0 Å². The molecule has 0 saturated carbocycles. The second-order valence-electron chi connectivity index (χ2n) is 4.40. The zero-order valence-electron chi connectivity index (χ0n) is 10.4. The van der Waals surface area contributed by atoms with E-state index in [1.54, 1.807) is 17.9 Å². The van der Waals surface area contributed by atoms with Gasteiger partial charge in [-0.05, 0) is 28.9 Å². The fourth-order valence-electron chi connectivity index (χ4n) is 2.02. The standard InChI is InChI=1S/C12H14BrNO5/c1-7-4-9(13)19-11(7)12(17)14-2-3-18-8(6-14)5-10(15)16/h4,8H,2-3,5-6H2,1H3,(H,15,16). The zero-order chi connectivity index (χ0) is 14.0. The second kappa shape index (κ2) is 5.75. The van der Waals surface area contributed by atoms with Crippen LogP contribution in [0.15, 0.2) is 15.2 Å².